The van der Waals surface area contributed by atoms with Crippen LogP contribution in [0.3, 0.4) is 0 Å². The van der Waals surface area contributed by atoms with Crippen molar-refractivity contribution < 1.29 is 14.0 Å². The minimum atomic E-state index is -0.601. The molecule has 10 heteroatoms. The molecule has 0 aliphatic carbocycles. The maximum absolute atomic E-state index is 13.3. The third-order valence-electron chi connectivity index (χ3n) is 5.03. The average Bonchev–Trinajstić information content (AvgIpc) is 3.11. The number of carbonyl (C=O) groups is 2. The molecule has 168 valence electrons. The van der Waals surface area contributed by atoms with Gasteiger partial charge in [0, 0.05) is 11.4 Å². The number of rotatable bonds is 5. The summed E-state index contributed by atoms with van der Waals surface area (Å²) in [7, 11) is 0. The van der Waals surface area contributed by atoms with Crippen LogP contribution in [-0.2, 0) is 11.3 Å². The van der Waals surface area contributed by atoms with Gasteiger partial charge in [-0.25, -0.2) is 9.37 Å². The van der Waals surface area contributed by atoms with Crippen LogP contribution in [0.1, 0.15) is 20.8 Å². The zero-order valence-corrected chi connectivity index (χ0v) is 19.2. The monoisotopic (exact) mass is 484 g/mol. The fraction of sp³-hybridized carbons (Fsp3) is 0.130. The number of anilines is 2. The largest absolute Gasteiger partial charge is 0.324 e. The minimum Gasteiger partial charge on any atom is -0.324 e. The smallest absolute Gasteiger partial charge is 0.266 e. The van der Waals surface area contributed by atoms with Crippen LogP contribution in [0.15, 0.2) is 53.6 Å². The van der Waals surface area contributed by atoms with E-state index in [-0.39, 0.29) is 22.9 Å². The topological polar surface area (TPSA) is 93.1 Å². The Kier molecular flexibility index (Phi) is 6.26. The number of aromatic nitrogens is 2. The van der Waals surface area contributed by atoms with Gasteiger partial charge < -0.3 is 10.6 Å². The van der Waals surface area contributed by atoms with E-state index in [1.165, 1.54) is 18.5 Å². The van der Waals surface area contributed by atoms with Gasteiger partial charge in [-0.3, -0.25) is 19.0 Å². The number of carbonyl (C=O) groups excluding carboxylic acids is 2. The molecular weight excluding hydrogens is 467 g/mol. The van der Waals surface area contributed by atoms with Gasteiger partial charge in [-0.15, -0.1) is 11.3 Å². The summed E-state index contributed by atoms with van der Waals surface area (Å²) in [6.45, 7) is 3.26. The molecule has 0 aliphatic heterocycles. The number of halogens is 2. The van der Waals surface area contributed by atoms with Gasteiger partial charge in [0.25, 0.3) is 11.5 Å². The number of nitrogens with zero attached hydrogens (tertiary/aromatic N) is 2. The van der Waals surface area contributed by atoms with E-state index in [0.29, 0.717) is 26.6 Å². The number of benzene rings is 2. The summed E-state index contributed by atoms with van der Waals surface area (Å²) in [4.78, 5) is 43.3. The Hall–Kier alpha value is -3.56. The molecule has 0 atom stereocenters. The first-order chi connectivity index (χ1) is 15.7. The second-order valence-corrected chi connectivity index (χ2v) is 8.77. The van der Waals surface area contributed by atoms with Crippen molar-refractivity contribution in [1.82, 2.24) is 9.55 Å². The van der Waals surface area contributed by atoms with Gasteiger partial charge >= 0.3 is 0 Å². The Bertz CT molecular complexity index is 1460. The molecule has 0 unspecified atom stereocenters. The van der Waals surface area contributed by atoms with Gasteiger partial charge in [0.15, 0.2) is 0 Å². The predicted molar refractivity (Wildman–Crippen MR) is 128 cm³/mol. The molecular formula is C23H18ClFN4O3S. The molecule has 0 fully saturated rings. The lowest BCUT2D eigenvalue weighted by atomic mass is 10.2. The molecule has 2 aromatic heterocycles. The summed E-state index contributed by atoms with van der Waals surface area (Å²) in [5.74, 6) is -1.44. The third kappa shape index (κ3) is 4.64. The van der Waals surface area contributed by atoms with Gasteiger partial charge in [0.05, 0.1) is 21.6 Å². The summed E-state index contributed by atoms with van der Waals surface area (Å²) in [6, 6.07) is 11.2. The van der Waals surface area contributed by atoms with Crippen LogP contribution in [0.2, 0.25) is 5.02 Å². The molecule has 2 amide bonds. The zero-order valence-electron chi connectivity index (χ0n) is 17.6. The molecule has 4 aromatic rings. The minimum absolute atomic E-state index is 0.126. The molecule has 2 heterocycles. The fourth-order valence-electron chi connectivity index (χ4n) is 3.31. The third-order valence-corrected chi connectivity index (χ3v) is 6.52. The first kappa shape index (κ1) is 22.6. The molecule has 0 radical (unpaired) electrons. The van der Waals surface area contributed by atoms with Crippen LogP contribution < -0.4 is 16.2 Å². The van der Waals surface area contributed by atoms with Gasteiger partial charge in [0.2, 0.25) is 5.91 Å². The second kappa shape index (κ2) is 9.13. The average molecular weight is 485 g/mol. The number of para-hydroxylation sites is 1. The Morgan fingerprint density at radius 2 is 1.91 bits per heavy atom. The highest BCUT2D eigenvalue weighted by atomic mass is 35.5. The van der Waals surface area contributed by atoms with E-state index in [9.17, 15) is 18.8 Å². The molecule has 0 aliphatic rings. The predicted octanol–water partition coefficient (Wildman–Crippen LogP) is 4.76. The Balaban J connectivity index is 1.58. The molecule has 7 nitrogen and oxygen atoms in total. The zero-order chi connectivity index (χ0) is 23.7. The molecule has 33 heavy (non-hydrogen) atoms. The summed E-state index contributed by atoms with van der Waals surface area (Å²) < 4.78 is 14.5. The van der Waals surface area contributed by atoms with E-state index in [1.54, 1.807) is 13.0 Å². The standard InChI is InChI=1S/C23H18ClFN4O3S/c1-12-5-3-4-6-17(12)28-21(31)20-13(2)19-22(33-20)26-11-29(23(19)32)10-18(30)27-14-7-8-16(25)15(24)9-14/h3-9,11H,10H2,1-2H3,(H,27,30)(H,28,31). The number of hydrogen-bond donors (Lipinski definition) is 2. The highest BCUT2D eigenvalue weighted by Crippen LogP contribution is 2.28. The first-order valence-electron chi connectivity index (χ1n) is 9.85. The Morgan fingerprint density at radius 1 is 1.15 bits per heavy atom. The van der Waals surface area contributed by atoms with E-state index in [1.807, 2.05) is 25.1 Å². The van der Waals surface area contributed by atoms with E-state index in [4.69, 9.17) is 11.6 Å². The summed E-state index contributed by atoms with van der Waals surface area (Å²) in [5, 5.41) is 5.59. The first-order valence-corrected chi connectivity index (χ1v) is 11.0. The van der Waals surface area contributed by atoms with Crippen molar-refractivity contribution in [2.75, 3.05) is 10.6 Å². The lowest BCUT2D eigenvalue weighted by molar-refractivity contribution is -0.116. The van der Waals surface area contributed by atoms with Crippen LogP contribution in [0, 0.1) is 19.7 Å². The summed E-state index contributed by atoms with van der Waals surface area (Å²) >= 11 is 6.85. The number of hydrogen-bond acceptors (Lipinski definition) is 5. The van der Waals surface area contributed by atoms with E-state index < -0.39 is 17.3 Å². The Morgan fingerprint density at radius 3 is 2.64 bits per heavy atom. The van der Waals surface area contributed by atoms with Crippen LogP contribution in [0.4, 0.5) is 15.8 Å². The highest BCUT2D eigenvalue weighted by Gasteiger charge is 2.20. The Labute approximate surface area is 196 Å². The number of nitrogens with one attached hydrogen (secondary N) is 2. The lowest BCUT2D eigenvalue weighted by Gasteiger charge is -2.08. The van der Waals surface area contributed by atoms with Crippen LogP contribution >= 0.6 is 22.9 Å². The normalized spacial score (nSPS) is 10.9. The fourth-order valence-corrected chi connectivity index (χ4v) is 4.52. The van der Waals surface area contributed by atoms with Gasteiger partial charge in [-0.1, -0.05) is 29.8 Å². The lowest BCUT2D eigenvalue weighted by Crippen LogP contribution is -2.28. The second-order valence-electron chi connectivity index (χ2n) is 7.36. The van der Waals surface area contributed by atoms with Gasteiger partial charge in [-0.2, -0.15) is 0 Å². The molecule has 0 saturated carbocycles. The molecule has 0 spiro atoms. The van der Waals surface area contributed by atoms with Crippen molar-refractivity contribution in [3.8, 4) is 0 Å². The van der Waals surface area contributed by atoms with E-state index in [0.717, 1.165) is 27.5 Å². The maximum atomic E-state index is 13.3. The number of fused-ring (bicyclic) bond motifs is 1. The van der Waals surface area contributed by atoms with Crippen molar-refractivity contribution in [1.29, 1.82) is 0 Å². The number of aryl methyl sites for hydroxylation is 2. The van der Waals surface area contributed by atoms with E-state index in [2.05, 4.69) is 15.6 Å². The van der Waals surface area contributed by atoms with E-state index >= 15 is 0 Å². The van der Waals surface area contributed by atoms with Crippen LogP contribution in [0.5, 0.6) is 0 Å². The SMILES string of the molecule is Cc1ccccc1NC(=O)c1sc2ncn(CC(=O)Nc3ccc(F)c(Cl)c3)c(=O)c2c1C. The quantitative estimate of drug-likeness (QED) is 0.427. The molecule has 2 aromatic carbocycles. The van der Waals surface area contributed by atoms with Gasteiger partial charge in [0.1, 0.15) is 17.2 Å². The molecule has 0 bridgehead atoms. The maximum Gasteiger partial charge on any atom is 0.266 e. The molecule has 0 saturated heterocycles. The van der Waals surface area contributed by atoms with Crippen molar-refractivity contribution >= 4 is 56.3 Å². The summed E-state index contributed by atoms with van der Waals surface area (Å²) in [5.41, 5.74) is 1.96. The number of thiophene rings is 1. The summed E-state index contributed by atoms with van der Waals surface area (Å²) in [6.07, 6.45) is 1.26. The molecule has 4 rings (SSSR count). The van der Waals surface area contributed by atoms with Crippen molar-refractivity contribution in [3.05, 3.63) is 86.0 Å². The van der Waals surface area contributed by atoms with Crippen molar-refractivity contribution in [2.24, 2.45) is 0 Å². The van der Waals surface area contributed by atoms with Crippen LogP contribution in [-0.4, -0.2) is 21.4 Å². The molecule has 2 N–H and O–H groups in total. The van der Waals surface area contributed by atoms with Gasteiger partial charge in [-0.05, 0) is 49.2 Å². The van der Waals surface area contributed by atoms with Crippen molar-refractivity contribution in [2.45, 2.75) is 20.4 Å². The van der Waals surface area contributed by atoms with Crippen molar-refractivity contribution in [3.63, 3.8) is 0 Å². The highest BCUT2D eigenvalue weighted by molar-refractivity contribution is 7.20. The van der Waals surface area contributed by atoms with Crippen LogP contribution in [0.25, 0.3) is 10.2 Å². The number of amides is 2.